The first-order valence-electron chi connectivity index (χ1n) is 15.5. The molecule has 0 radical (unpaired) electrons. The molecule has 3 aromatic carbocycles. The highest BCUT2D eigenvalue weighted by Crippen LogP contribution is 2.37. The van der Waals surface area contributed by atoms with Crippen molar-refractivity contribution in [1.82, 2.24) is 9.97 Å². The minimum atomic E-state index is 0.819. The summed E-state index contributed by atoms with van der Waals surface area (Å²) in [5, 5.41) is 2.44. The van der Waals surface area contributed by atoms with Crippen LogP contribution in [0, 0.1) is 0 Å². The van der Waals surface area contributed by atoms with Crippen LogP contribution in [0.15, 0.2) is 175 Å². The van der Waals surface area contributed by atoms with Crippen LogP contribution >= 0.6 is 0 Å². The molecule has 0 unspecified atom stereocenters. The Balaban J connectivity index is 1.64. The molecule has 0 atom stereocenters. The van der Waals surface area contributed by atoms with Crippen LogP contribution in [-0.2, 0) is 6.42 Å². The van der Waals surface area contributed by atoms with Crippen molar-refractivity contribution in [3.63, 3.8) is 0 Å². The van der Waals surface area contributed by atoms with E-state index in [0.29, 0.717) is 0 Å². The SMILES string of the molecule is C=C\C=C/C(C(=C)C)=C(C(/C=C\C)=C(/CC)Cc1cccc(-c2cc(-c3ccncc3)ccn2)c1)\c1ccc2ccccc2c1. The third kappa shape index (κ3) is 7.42. The van der Waals surface area contributed by atoms with Crippen LogP contribution in [0.2, 0.25) is 0 Å². The molecule has 5 rings (SSSR count). The monoisotopic (exact) mass is 584 g/mol. The summed E-state index contributed by atoms with van der Waals surface area (Å²) in [6, 6.07) is 32.3. The molecule has 0 aliphatic rings. The summed E-state index contributed by atoms with van der Waals surface area (Å²) < 4.78 is 0. The van der Waals surface area contributed by atoms with Crippen molar-refractivity contribution in [2.75, 3.05) is 0 Å². The zero-order valence-electron chi connectivity index (χ0n) is 26.5. The largest absolute Gasteiger partial charge is 0.265 e. The van der Waals surface area contributed by atoms with Crippen molar-refractivity contribution in [3.05, 3.63) is 187 Å². The molecule has 0 spiro atoms. The van der Waals surface area contributed by atoms with E-state index in [9.17, 15) is 0 Å². The van der Waals surface area contributed by atoms with Crippen molar-refractivity contribution in [3.8, 4) is 22.4 Å². The number of nitrogens with zero attached hydrogens (tertiary/aromatic N) is 2. The summed E-state index contributed by atoms with van der Waals surface area (Å²) >= 11 is 0. The van der Waals surface area contributed by atoms with Gasteiger partial charge in [-0.15, -0.1) is 0 Å². The maximum absolute atomic E-state index is 4.73. The van der Waals surface area contributed by atoms with Gasteiger partial charge in [-0.1, -0.05) is 116 Å². The summed E-state index contributed by atoms with van der Waals surface area (Å²) in [5.41, 5.74) is 12.6. The van der Waals surface area contributed by atoms with Crippen LogP contribution in [0.1, 0.15) is 38.3 Å². The zero-order chi connectivity index (χ0) is 31.6. The summed E-state index contributed by atoms with van der Waals surface area (Å²) in [7, 11) is 0. The fraction of sp³-hybridized carbons (Fsp3) is 0.116. The number of aromatic nitrogens is 2. The van der Waals surface area contributed by atoms with Crippen molar-refractivity contribution < 1.29 is 0 Å². The molecule has 0 saturated carbocycles. The first kappa shape index (κ1) is 31.1. The maximum atomic E-state index is 4.73. The van der Waals surface area contributed by atoms with E-state index >= 15 is 0 Å². The summed E-state index contributed by atoms with van der Waals surface area (Å²) in [4.78, 5) is 8.90. The van der Waals surface area contributed by atoms with E-state index in [1.165, 1.54) is 38.6 Å². The Bertz CT molecular complexity index is 1950. The van der Waals surface area contributed by atoms with Crippen molar-refractivity contribution >= 4 is 16.3 Å². The number of benzene rings is 3. The highest BCUT2D eigenvalue weighted by Gasteiger charge is 2.17. The van der Waals surface area contributed by atoms with Crippen LogP contribution in [0.3, 0.4) is 0 Å². The molecule has 0 fully saturated rings. The van der Waals surface area contributed by atoms with Crippen LogP contribution in [0.5, 0.6) is 0 Å². The lowest BCUT2D eigenvalue weighted by molar-refractivity contribution is 0.992. The fourth-order valence-corrected chi connectivity index (χ4v) is 5.76. The molecule has 2 heteroatoms. The minimum Gasteiger partial charge on any atom is -0.265 e. The second-order valence-electron chi connectivity index (χ2n) is 11.1. The van der Waals surface area contributed by atoms with E-state index in [1.807, 2.05) is 48.9 Å². The quantitative estimate of drug-likeness (QED) is 0.144. The minimum absolute atomic E-state index is 0.819. The average Bonchev–Trinajstić information content (AvgIpc) is 3.08. The molecule has 222 valence electrons. The standard InChI is InChI=1S/C43H40N2/c1-6-9-18-40(31(4)5)43(39-20-19-34-15-10-11-16-36(34)29-39)41(13-7-2)33(8-3)27-32-14-12-17-38(28-32)42-30-37(23-26-45-42)35-21-24-44-25-22-35/h6-7,9-26,28-30H,1,4,8,27H2,2-3,5H3/b13-7-,18-9-,41-33-,43-40-. The lowest BCUT2D eigenvalue weighted by Crippen LogP contribution is -2.02. The summed E-state index contributed by atoms with van der Waals surface area (Å²) in [6.07, 6.45) is 17.6. The molecular weight excluding hydrogens is 544 g/mol. The van der Waals surface area contributed by atoms with Crippen LogP contribution in [0.4, 0.5) is 0 Å². The third-order valence-corrected chi connectivity index (χ3v) is 7.99. The molecule has 0 aliphatic heterocycles. The number of hydrogen-bond donors (Lipinski definition) is 0. The normalized spacial score (nSPS) is 12.8. The fourth-order valence-electron chi connectivity index (χ4n) is 5.76. The second kappa shape index (κ2) is 14.9. The lowest BCUT2D eigenvalue weighted by atomic mass is 9.84. The Morgan fingerprint density at radius 2 is 1.53 bits per heavy atom. The smallest absolute Gasteiger partial charge is 0.0708 e. The molecule has 2 nitrogen and oxygen atoms in total. The van der Waals surface area contributed by atoms with Crippen LogP contribution in [0.25, 0.3) is 38.7 Å². The van der Waals surface area contributed by atoms with Crippen molar-refractivity contribution in [2.45, 2.75) is 33.6 Å². The highest BCUT2D eigenvalue weighted by molar-refractivity contribution is 5.93. The molecule has 2 aromatic heterocycles. The van der Waals surface area contributed by atoms with Gasteiger partial charge < -0.3 is 0 Å². The van der Waals surface area contributed by atoms with Gasteiger partial charge >= 0.3 is 0 Å². The molecule has 0 aliphatic carbocycles. The van der Waals surface area contributed by atoms with E-state index in [4.69, 9.17) is 4.98 Å². The Labute approximate surface area is 268 Å². The second-order valence-corrected chi connectivity index (χ2v) is 11.1. The predicted molar refractivity (Wildman–Crippen MR) is 194 cm³/mol. The van der Waals surface area contributed by atoms with Crippen molar-refractivity contribution in [1.29, 1.82) is 0 Å². The van der Waals surface area contributed by atoms with E-state index in [0.717, 1.165) is 46.4 Å². The maximum Gasteiger partial charge on any atom is 0.0708 e. The molecule has 0 saturated heterocycles. The summed E-state index contributed by atoms with van der Waals surface area (Å²) in [5.74, 6) is 0. The van der Waals surface area contributed by atoms with Gasteiger partial charge in [-0.2, -0.15) is 0 Å². The van der Waals surface area contributed by atoms with Gasteiger partial charge in [0.15, 0.2) is 0 Å². The Morgan fingerprint density at radius 1 is 0.756 bits per heavy atom. The van der Waals surface area contributed by atoms with Crippen molar-refractivity contribution in [2.24, 2.45) is 0 Å². The van der Waals surface area contributed by atoms with E-state index in [-0.39, 0.29) is 0 Å². The molecule has 5 aromatic rings. The third-order valence-electron chi connectivity index (χ3n) is 7.99. The van der Waals surface area contributed by atoms with Gasteiger partial charge in [0, 0.05) is 24.2 Å². The van der Waals surface area contributed by atoms with Gasteiger partial charge in [-0.3, -0.25) is 9.97 Å². The van der Waals surface area contributed by atoms with Gasteiger partial charge in [-0.25, -0.2) is 0 Å². The first-order valence-corrected chi connectivity index (χ1v) is 15.5. The van der Waals surface area contributed by atoms with Gasteiger partial charge in [0.1, 0.15) is 0 Å². The van der Waals surface area contributed by atoms with Gasteiger partial charge in [0.05, 0.1) is 5.69 Å². The molecule has 0 bridgehead atoms. The Morgan fingerprint density at radius 3 is 2.27 bits per heavy atom. The highest BCUT2D eigenvalue weighted by atomic mass is 14.7. The number of fused-ring (bicyclic) bond motifs is 1. The zero-order valence-corrected chi connectivity index (χ0v) is 26.5. The molecule has 2 heterocycles. The van der Waals surface area contributed by atoms with Gasteiger partial charge in [0.25, 0.3) is 0 Å². The number of allylic oxidation sites excluding steroid dienone is 10. The number of hydrogen-bond acceptors (Lipinski definition) is 2. The van der Waals surface area contributed by atoms with E-state index in [1.54, 1.807) is 0 Å². The molecule has 0 N–H and O–H groups in total. The van der Waals surface area contributed by atoms with Crippen LogP contribution < -0.4 is 0 Å². The van der Waals surface area contributed by atoms with E-state index in [2.05, 4.69) is 130 Å². The first-order chi connectivity index (χ1) is 22.0. The lowest BCUT2D eigenvalue weighted by Gasteiger charge is -2.20. The number of rotatable bonds is 11. The van der Waals surface area contributed by atoms with Crippen LogP contribution in [-0.4, -0.2) is 9.97 Å². The predicted octanol–water partition coefficient (Wildman–Crippen LogP) is 11.6. The molecule has 45 heavy (non-hydrogen) atoms. The van der Waals surface area contributed by atoms with Gasteiger partial charge in [-0.05, 0) is 113 Å². The molecule has 0 amide bonds. The Hall–Kier alpha value is -5.34. The molecular formula is C43H40N2. The number of pyridine rings is 2. The topological polar surface area (TPSA) is 25.8 Å². The van der Waals surface area contributed by atoms with Gasteiger partial charge in [0.2, 0.25) is 0 Å². The van der Waals surface area contributed by atoms with E-state index < -0.39 is 0 Å². The Kier molecular flexibility index (Phi) is 10.3. The summed E-state index contributed by atoms with van der Waals surface area (Å²) in [6.45, 7) is 14.8. The average molecular weight is 585 g/mol.